The summed E-state index contributed by atoms with van der Waals surface area (Å²) in [6.07, 6.45) is 3.93. The summed E-state index contributed by atoms with van der Waals surface area (Å²) in [5, 5.41) is 17.0. The Morgan fingerprint density at radius 3 is 2.74 bits per heavy atom. The van der Waals surface area contributed by atoms with Gasteiger partial charge in [0, 0.05) is 12.1 Å². The number of aliphatic hydroxyl groups excluding tert-OH is 1. The molecule has 5 heteroatoms. The maximum atomic E-state index is 12.5. The van der Waals surface area contributed by atoms with Crippen LogP contribution in [-0.4, -0.2) is 28.8 Å². The zero-order valence-electron chi connectivity index (χ0n) is 13.3. The predicted octanol–water partition coefficient (Wildman–Crippen LogP) is 2.93. The highest BCUT2D eigenvalue weighted by atomic mass is 16.5. The maximum Gasteiger partial charge on any atom is 0.257 e. The summed E-state index contributed by atoms with van der Waals surface area (Å²) in [5.41, 5.74) is 1.82. The molecular formula is C18H22N2O3. The largest absolute Gasteiger partial charge is 0.391 e. The van der Waals surface area contributed by atoms with Crippen molar-refractivity contribution in [1.82, 2.24) is 10.5 Å². The van der Waals surface area contributed by atoms with E-state index < -0.39 is 6.10 Å². The molecule has 0 bridgehead atoms. The van der Waals surface area contributed by atoms with Crippen molar-refractivity contribution in [2.45, 2.75) is 38.7 Å². The number of hydrogen-bond acceptors (Lipinski definition) is 4. The molecule has 23 heavy (non-hydrogen) atoms. The number of carbonyl (C=O) groups is 1. The molecule has 1 atom stereocenters. The predicted molar refractivity (Wildman–Crippen MR) is 87.0 cm³/mol. The molecule has 1 aliphatic carbocycles. The number of nitrogens with zero attached hydrogens (tertiary/aromatic N) is 1. The molecule has 0 radical (unpaired) electrons. The molecule has 1 unspecified atom stereocenters. The third-order valence-electron chi connectivity index (χ3n) is 4.55. The van der Waals surface area contributed by atoms with Crippen LogP contribution < -0.4 is 5.32 Å². The summed E-state index contributed by atoms with van der Waals surface area (Å²) in [5.74, 6) is 0.531. The fourth-order valence-electron chi connectivity index (χ4n) is 3.23. The molecule has 0 spiro atoms. The number of aryl methyl sites for hydroxylation is 1. The number of hydrogen-bond donors (Lipinski definition) is 2. The van der Waals surface area contributed by atoms with Crippen molar-refractivity contribution < 1.29 is 14.4 Å². The highest BCUT2D eigenvalue weighted by Crippen LogP contribution is 2.28. The number of rotatable bonds is 5. The number of carbonyl (C=O) groups excluding carboxylic acids is 1. The van der Waals surface area contributed by atoms with E-state index in [-0.39, 0.29) is 12.5 Å². The standard InChI is InChI=1S/C18H22N2O3/c1-12-16(17(20-23-12)14-9-3-2-4-10-14)18(22)19-11-15(21)13-7-5-6-8-13/h2-4,9-10,13,15,21H,5-8,11H2,1H3,(H,19,22). The first-order valence-electron chi connectivity index (χ1n) is 8.14. The molecule has 3 rings (SSSR count). The summed E-state index contributed by atoms with van der Waals surface area (Å²) in [7, 11) is 0. The Hall–Kier alpha value is -2.14. The van der Waals surface area contributed by atoms with E-state index in [1.807, 2.05) is 30.3 Å². The Morgan fingerprint density at radius 2 is 2.04 bits per heavy atom. The van der Waals surface area contributed by atoms with Crippen molar-refractivity contribution in [3.8, 4) is 11.3 Å². The lowest BCUT2D eigenvalue weighted by atomic mass is 10.0. The van der Waals surface area contributed by atoms with Gasteiger partial charge in [-0.05, 0) is 25.7 Å². The Kier molecular flexibility index (Phi) is 4.76. The molecule has 122 valence electrons. The lowest BCUT2D eigenvalue weighted by Crippen LogP contribution is -2.35. The molecule has 0 saturated heterocycles. The SMILES string of the molecule is Cc1onc(-c2ccccc2)c1C(=O)NCC(O)C1CCCC1. The van der Waals surface area contributed by atoms with Crippen molar-refractivity contribution >= 4 is 5.91 Å². The molecule has 0 aliphatic heterocycles. The first-order valence-corrected chi connectivity index (χ1v) is 8.14. The van der Waals surface area contributed by atoms with Gasteiger partial charge in [0.1, 0.15) is 17.0 Å². The van der Waals surface area contributed by atoms with E-state index in [9.17, 15) is 9.90 Å². The highest BCUT2D eigenvalue weighted by Gasteiger charge is 2.25. The zero-order chi connectivity index (χ0) is 16.2. The van der Waals surface area contributed by atoms with Gasteiger partial charge in [-0.15, -0.1) is 0 Å². The van der Waals surface area contributed by atoms with E-state index in [1.54, 1.807) is 6.92 Å². The van der Waals surface area contributed by atoms with E-state index in [4.69, 9.17) is 4.52 Å². The van der Waals surface area contributed by atoms with Gasteiger partial charge in [-0.3, -0.25) is 4.79 Å². The van der Waals surface area contributed by atoms with Crippen LogP contribution in [0.5, 0.6) is 0 Å². The normalized spacial score (nSPS) is 16.4. The van der Waals surface area contributed by atoms with Crippen LogP contribution in [0.15, 0.2) is 34.9 Å². The van der Waals surface area contributed by atoms with Gasteiger partial charge >= 0.3 is 0 Å². The monoisotopic (exact) mass is 314 g/mol. The summed E-state index contributed by atoms with van der Waals surface area (Å²) >= 11 is 0. The molecule has 1 aromatic heterocycles. The number of aliphatic hydroxyl groups is 1. The maximum absolute atomic E-state index is 12.5. The average molecular weight is 314 g/mol. The van der Waals surface area contributed by atoms with Crippen molar-refractivity contribution in [1.29, 1.82) is 0 Å². The Bertz CT molecular complexity index is 660. The third kappa shape index (κ3) is 3.45. The van der Waals surface area contributed by atoms with E-state index >= 15 is 0 Å². The Balaban J connectivity index is 1.71. The van der Waals surface area contributed by atoms with Crippen LogP contribution in [0.2, 0.25) is 0 Å². The van der Waals surface area contributed by atoms with Crippen molar-refractivity contribution in [2.75, 3.05) is 6.54 Å². The molecule has 2 N–H and O–H groups in total. The van der Waals surface area contributed by atoms with Crippen molar-refractivity contribution in [3.63, 3.8) is 0 Å². The second-order valence-corrected chi connectivity index (χ2v) is 6.15. The van der Waals surface area contributed by atoms with Gasteiger partial charge in [-0.2, -0.15) is 0 Å². The van der Waals surface area contributed by atoms with Crippen LogP contribution in [0.4, 0.5) is 0 Å². The Labute approximate surface area is 135 Å². The van der Waals surface area contributed by atoms with E-state index in [2.05, 4.69) is 10.5 Å². The topological polar surface area (TPSA) is 75.4 Å². The molecule has 1 fully saturated rings. The Morgan fingerprint density at radius 1 is 1.35 bits per heavy atom. The summed E-state index contributed by atoms with van der Waals surface area (Å²) < 4.78 is 5.20. The van der Waals surface area contributed by atoms with Crippen LogP contribution in [0.25, 0.3) is 11.3 Å². The van der Waals surface area contributed by atoms with Gasteiger partial charge in [-0.1, -0.05) is 48.3 Å². The van der Waals surface area contributed by atoms with Crippen LogP contribution in [0, 0.1) is 12.8 Å². The first kappa shape index (κ1) is 15.7. The van der Waals surface area contributed by atoms with Crippen molar-refractivity contribution in [3.05, 3.63) is 41.7 Å². The number of aromatic nitrogens is 1. The van der Waals surface area contributed by atoms with Gasteiger partial charge in [0.25, 0.3) is 5.91 Å². The van der Waals surface area contributed by atoms with E-state index in [0.717, 1.165) is 18.4 Å². The average Bonchev–Trinajstić information content (AvgIpc) is 3.23. The molecule has 1 heterocycles. The lowest BCUT2D eigenvalue weighted by molar-refractivity contribution is 0.0840. The van der Waals surface area contributed by atoms with Gasteiger partial charge in [-0.25, -0.2) is 0 Å². The number of amides is 1. The van der Waals surface area contributed by atoms with E-state index in [0.29, 0.717) is 22.9 Å². The second kappa shape index (κ2) is 6.96. The summed E-state index contributed by atoms with van der Waals surface area (Å²) in [4.78, 5) is 12.5. The minimum Gasteiger partial charge on any atom is -0.391 e. The van der Waals surface area contributed by atoms with Crippen LogP contribution >= 0.6 is 0 Å². The molecule has 1 amide bonds. The van der Waals surface area contributed by atoms with Crippen LogP contribution in [0.3, 0.4) is 0 Å². The lowest BCUT2D eigenvalue weighted by Gasteiger charge is -2.18. The van der Waals surface area contributed by atoms with Crippen LogP contribution in [0.1, 0.15) is 41.8 Å². The highest BCUT2D eigenvalue weighted by molar-refractivity contribution is 6.00. The quantitative estimate of drug-likeness (QED) is 0.890. The molecule has 2 aromatic rings. The summed E-state index contributed by atoms with van der Waals surface area (Å²) in [6, 6.07) is 9.48. The molecular weight excluding hydrogens is 292 g/mol. The van der Waals surface area contributed by atoms with Gasteiger partial charge < -0.3 is 14.9 Å². The summed E-state index contributed by atoms with van der Waals surface area (Å²) in [6.45, 7) is 1.99. The third-order valence-corrected chi connectivity index (χ3v) is 4.55. The minimum atomic E-state index is -0.484. The van der Waals surface area contributed by atoms with Gasteiger partial charge in [0.15, 0.2) is 0 Å². The fourth-order valence-corrected chi connectivity index (χ4v) is 3.23. The molecule has 1 aliphatic rings. The van der Waals surface area contributed by atoms with Gasteiger partial charge in [0.2, 0.25) is 0 Å². The smallest absolute Gasteiger partial charge is 0.257 e. The van der Waals surface area contributed by atoms with E-state index in [1.165, 1.54) is 12.8 Å². The number of nitrogens with one attached hydrogen (secondary N) is 1. The fraction of sp³-hybridized carbons (Fsp3) is 0.444. The second-order valence-electron chi connectivity index (χ2n) is 6.15. The first-order chi connectivity index (χ1) is 11.2. The number of benzene rings is 1. The molecule has 1 saturated carbocycles. The molecule has 1 aromatic carbocycles. The molecule has 5 nitrogen and oxygen atoms in total. The zero-order valence-corrected chi connectivity index (χ0v) is 13.3. The van der Waals surface area contributed by atoms with Crippen molar-refractivity contribution in [2.24, 2.45) is 5.92 Å². The van der Waals surface area contributed by atoms with Gasteiger partial charge in [0.05, 0.1) is 6.10 Å². The van der Waals surface area contributed by atoms with Crippen LogP contribution in [-0.2, 0) is 0 Å². The minimum absolute atomic E-state index is 0.250.